The smallest absolute Gasteiger partial charge is 0.274 e. The van der Waals surface area contributed by atoms with Crippen LogP contribution < -0.4 is 5.73 Å². The second kappa shape index (κ2) is 5.88. The molecule has 0 spiro atoms. The Balaban J connectivity index is 1.87. The molecule has 1 atom stereocenters. The van der Waals surface area contributed by atoms with Gasteiger partial charge in [0.1, 0.15) is 15.6 Å². The van der Waals surface area contributed by atoms with Crippen molar-refractivity contribution >= 4 is 23.2 Å². The van der Waals surface area contributed by atoms with Gasteiger partial charge in [0, 0.05) is 19.8 Å². The van der Waals surface area contributed by atoms with Crippen molar-refractivity contribution in [3.05, 3.63) is 34.0 Å². The van der Waals surface area contributed by atoms with Crippen LogP contribution in [-0.2, 0) is 7.05 Å². The fourth-order valence-corrected chi connectivity index (χ4v) is 3.58. The first-order valence-electron chi connectivity index (χ1n) is 7.12. The summed E-state index contributed by atoms with van der Waals surface area (Å²) in [5, 5.41) is 4.94. The molecule has 2 N–H and O–H groups in total. The van der Waals surface area contributed by atoms with Gasteiger partial charge >= 0.3 is 0 Å². The van der Waals surface area contributed by atoms with E-state index >= 15 is 0 Å². The molecule has 1 unspecified atom stereocenters. The number of aromatic nitrogens is 3. The van der Waals surface area contributed by atoms with Crippen LogP contribution in [0.3, 0.4) is 0 Å². The highest BCUT2D eigenvalue weighted by Crippen LogP contribution is 2.34. The van der Waals surface area contributed by atoms with Crippen molar-refractivity contribution in [2.75, 3.05) is 6.54 Å². The van der Waals surface area contributed by atoms with E-state index in [1.54, 1.807) is 28.9 Å². The molecule has 7 nitrogen and oxygen atoms in total. The SMILES string of the molecule is Cn1ccc(C(=O)N2CCCCC2c2ncc(C(N)=O)s2)n1. The van der Waals surface area contributed by atoms with Gasteiger partial charge < -0.3 is 10.6 Å². The molecule has 0 aromatic carbocycles. The molecule has 8 heteroatoms. The third kappa shape index (κ3) is 2.74. The van der Waals surface area contributed by atoms with Crippen molar-refractivity contribution in [2.45, 2.75) is 25.3 Å². The Morgan fingerprint density at radius 1 is 1.41 bits per heavy atom. The molecule has 0 saturated carbocycles. The minimum absolute atomic E-state index is 0.0962. The molecule has 0 aliphatic carbocycles. The van der Waals surface area contributed by atoms with Gasteiger partial charge in [0.15, 0.2) is 0 Å². The highest BCUT2D eigenvalue weighted by Gasteiger charge is 2.31. The summed E-state index contributed by atoms with van der Waals surface area (Å²) in [7, 11) is 1.78. The number of rotatable bonds is 3. The zero-order valence-electron chi connectivity index (χ0n) is 12.2. The summed E-state index contributed by atoms with van der Waals surface area (Å²) in [5.74, 6) is -0.580. The van der Waals surface area contributed by atoms with E-state index in [9.17, 15) is 9.59 Å². The first-order chi connectivity index (χ1) is 10.6. The van der Waals surface area contributed by atoms with Crippen LogP contribution in [0.5, 0.6) is 0 Å². The number of carbonyl (C=O) groups excluding carboxylic acids is 2. The molecule has 0 bridgehead atoms. The molecule has 1 aliphatic heterocycles. The Labute approximate surface area is 131 Å². The van der Waals surface area contributed by atoms with Crippen LogP contribution in [0.1, 0.15) is 50.5 Å². The van der Waals surface area contributed by atoms with Crippen LogP contribution in [0.25, 0.3) is 0 Å². The summed E-state index contributed by atoms with van der Waals surface area (Å²) in [6, 6.07) is 1.60. The van der Waals surface area contributed by atoms with Crippen molar-refractivity contribution in [3.8, 4) is 0 Å². The third-order valence-corrected chi connectivity index (χ3v) is 4.86. The first kappa shape index (κ1) is 14.7. The predicted octanol–water partition coefficient (Wildman–Crippen LogP) is 1.34. The minimum atomic E-state index is -0.484. The summed E-state index contributed by atoms with van der Waals surface area (Å²) < 4.78 is 1.61. The quantitative estimate of drug-likeness (QED) is 0.923. The Kier molecular flexibility index (Phi) is 3.93. The van der Waals surface area contributed by atoms with E-state index in [-0.39, 0.29) is 11.9 Å². The molecule has 1 fully saturated rings. The van der Waals surface area contributed by atoms with Gasteiger partial charge in [-0.2, -0.15) is 5.10 Å². The number of thiazole rings is 1. The number of amides is 2. The number of hydrogen-bond acceptors (Lipinski definition) is 5. The topological polar surface area (TPSA) is 94.1 Å². The average molecular weight is 319 g/mol. The molecule has 22 heavy (non-hydrogen) atoms. The van der Waals surface area contributed by atoms with Gasteiger partial charge in [0.2, 0.25) is 0 Å². The number of primary amides is 1. The molecule has 2 aromatic rings. The summed E-state index contributed by atoms with van der Waals surface area (Å²) in [4.78, 5) is 30.4. The van der Waals surface area contributed by atoms with Crippen molar-refractivity contribution in [3.63, 3.8) is 0 Å². The largest absolute Gasteiger partial charge is 0.365 e. The van der Waals surface area contributed by atoms with Crippen LogP contribution in [-0.4, -0.2) is 38.0 Å². The number of aryl methyl sites for hydroxylation is 1. The number of hydrogen-bond donors (Lipinski definition) is 1. The minimum Gasteiger partial charge on any atom is -0.365 e. The van der Waals surface area contributed by atoms with E-state index in [1.165, 1.54) is 17.5 Å². The zero-order chi connectivity index (χ0) is 15.7. The van der Waals surface area contributed by atoms with Crippen LogP contribution >= 0.6 is 11.3 Å². The number of nitrogens with two attached hydrogens (primary N) is 1. The second-order valence-corrected chi connectivity index (χ2v) is 6.37. The Morgan fingerprint density at radius 3 is 2.86 bits per heavy atom. The molecule has 1 aliphatic rings. The van der Waals surface area contributed by atoms with Gasteiger partial charge in [0.25, 0.3) is 11.8 Å². The van der Waals surface area contributed by atoms with Gasteiger partial charge in [-0.25, -0.2) is 4.98 Å². The van der Waals surface area contributed by atoms with Crippen LogP contribution in [0.4, 0.5) is 0 Å². The first-order valence-corrected chi connectivity index (χ1v) is 7.94. The van der Waals surface area contributed by atoms with Gasteiger partial charge in [-0.1, -0.05) is 0 Å². The lowest BCUT2D eigenvalue weighted by Crippen LogP contribution is -2.38. The summed E-state index contributed by atoms with van der Waals surface area (Å²) >= 11 is 1.26. The maximum Gasteiger partial charge on any atom is 0.274 e. The zero-order valence-corrected chi connectivity index (χ0v) is 13.0. The Morgan fingerprint density at radius 2 is 2.23 bits per heavy atom. The van der Waals surface area contributed by atoms with Crippen molar-refractivity contribution in [2.24, 2.45) is 12.8 Å². The molecule has 2 aromatic heterocycles. The van der Waals surface area contributed by atoms with E-state index in [1.807, 2.05) is 0 Å². The fraction of sp³-hybridized carbons (Fsp3) is 0.429. The van der Waals surface area contributed by atoms with E-state index in [0.717, 1.165) is 24.3 Å². The summed E-state index contributed by atoms with van der Waals surface area (Å²) in [6.45, 7) is 0.672. The molecular weight excluding hydrogens is 302 g/mol. The van der Waals surface area contributed by atoms with Gasteiger partial charge in [-0.05, 0) is 25.3 Å². The Hall–Kier alpha value is -2.22. The number of piperidine rings is 1. The van der Waals surface area contributed by atoms with Gasteiger partial charge in [-0.3, -0.25) is 14.3 Å². The maximum absolute atomic E-state index is 12.7. The maximum atomic E-state index is 12.7. The lowest BCUT2D eigenvalue weighted by atomic mass is 10.0. The van der Waals surface area contributed by atoms with E-state index in [2.05, 4.69) is 10.1 Å². The molecule has 0 radical (unpaired) electrons. The number of likely N-dealkylation sites (tertiary alicyclic amines) is 1. The lowest BCUT2D eigenvalue weighted by molar-refractivity contribution is 0.0604. The predicted molar refractivity (Wildman–Crippen MR) is 81.5 cm³/mol. The third-order valence-electron chi connectivity index (χ3n) is 3.75. The molecular formula is C14H17N5O2S. The molecule has 3 heterocycles. The van der Waals surface area contributed by atoms with E-state index < -0.39 is 5.91 Å². The highest BCUT2D eigenvalue weighted by atomic mass is 32.1. The van der Waals surface area contributed by atoms with E-state index in [4.69, 9.17) is 5.73 Å². The molecule has 1 saturated heterocycles. The summed E-state index contributed by atoms with van der Waals surface area (Å²) in [6.07, 6.45) is 6.07. The van der Waals surface area contributed by atoms with Crippen molar-refractivity contribution < 1.29 is 9.59 Å². The van der Waals surface area contributed by atoms with Gasteiger partial charge in [0.05, 0.1) is 12.2 Å². The monoisotopic (exact) mass is 319 g/mol. The number of carbonyl (C=O) groups is 2. The standard InChI is InChI=1S/C14H17N5O2S/c1-18-7-5-9(17-18)14(21)19-6-3-2-4-10(19)13-16-8-11(22-13)12(15)20/h5,7-8,10H,2-4,6H2,1H3,(H2,15,20). The Bertz CT molecular complexity index is 708. The lowest BCUT2D eigenvalue weighted by Gasteiger charge is -2.34. The molecule has 116 valence electrons. The van der Waals surface area contributed by atoms with E-state index in [0.29, 0.717) is 17.1 Å². The van der Waals surface area contributed by atoms with Crippen molar-refractivity contribution in [1.82, 2.24) is 19.7 Å². The van der Waals surface area contributed by atoms with Crippen LogP contribution in [0.2, 0.25) is 0 Å². The molecule has 2 amide bonds. The van der Waals surface area contributed by atoms with Crippen molar-refractivity contribution in [1.29, 1.82) is 0 Å². The molecule has 3 rings (SSSR count). The normalized spacial score (nSPS) is 18.4. The second-order valence-electron chi connectivity index (χ2n) is 5.31. The fourth-order valence-electron chi connectivity index (χ4n) is 2.66. The van der Waals surface area contributed by atoms with Crippen LogP contribution in [0, 0.1) is 0 Å². The highest BCUT2D eigenvalue weighted by molar-refractivity contribution is 7.13. The summed E-state index contributed by atoms with van der Waals surface area (Å²) in [5.41, 5.74) is 5.71. The van der Waals surface area contributed by atoms with Gasteiger partial charge in [-0.15, -0.1) is 11.3 Å². The van der Waals surface area contributed by atoms with Crippen LogP contribution in [0.15, 0.2) is 18.5 Å². The average Bonchev–Trinajstić information content (AvgIpc) is 3.15. The number of nitrogens with zero attached hydrogens (tertiary/aromatic N) is 4.